The van der Waals surface area contributed by atoms with Gasteiger partial charge in [-0.25, -0.2) is 0 Å². The van der Waals surface area contributed by atoms with Gasteiger partial charge in [-0.1, -0.05) is 0 Å². The number of hydrogen-bond donors (Lipinski definition) is 3. The fourth-order valence-corrected chi connectivity index (χ4v) is 7.89. The fraction of sp³-hybridized carbons (Fsp3) is 0.268. The van der Waals surface area contributed by atoms with Crippen LogP contribution in [0.2, 0.25) is 0 Å². The summed E-state index contributed by atoms with van der Waals surface area (Å²) < 4.78 is 25.9. The van der Waals surface area contributed by atoms with Crippen molar-refractivity contribution in [2.24, 2.45) is 0 Å². The Morgan fingerprint density at radius 1 is 0.639 bits per heavy atom. The summed E-state index contributed by atoms with van der Waals surface area (Å²) in [6.45, 7) is 8.31. The quantitative estimate of drug-likeness (QED) is 0.0392. The summed E-state index contributed by atoms with van der Waals surface area (Å²) in [5.74, 6) is -2.30. The summed E-state index contributed by atoms with van der Waals surface area (Å²) in [7, 11) is -3.67. The molecule has 2 atom stereocenters. The molecule has 4 aromatic carbocycles. The van der Waals surface area contributed by atoms with Gasteiger partial charge in [0.2, 0.25) is 0 Å². The molecule has 61 heavy (non-hydrogen) atoms. The maximum Gasteiger partial charge on any atom is 0.270 e. The Kier molecular flexibility index (Phi) is 11.1. The van der Waals surface area contributed by atoms with Crippen LogP contribution in [0.5, 0.6) is 0 Å². The highest BCUT2D eigenvalue weighted by molar-refractivity contribution is 7.85. The van der Waals surface area contributed by atoms with Gasteiger partial charge in [0.1, 0.15) is 0 Å². The Labute approximate surface area is 346 Å². The van der Waals surface area contributed by atoms with Gasteiger partial charge < -0.3 is 10.6 Å². The number of nitrogens with one attached hydrogen (secondary N) is 2. The van der Waals surface area contributed by atoms with Crippen LogP contribution in [0.3, 0.4) is 0 Å². The summed E-state index contributed by atoms with van der Waals surface area (Å²) in [6, 6.07) is 10.9. The van der Waals surface area contributed by atoms with Crippen LogP contribution >= 0.6 is 0 Å². The zero-order valence-electron chi connectivity index (χ0n) is 33.4. The highest BCUT2D eigenvalue weighted by Gasteiger charge is 2.39. The molecule has 0 saturated carbocycles. The molecule has 0 fully saturated rings. The monoisotopic (exact) mass is 850 g/mol. The van der Waals surface area contributed by atoms with Crippen molar-refractivity contribution < 1.29 is 42.0 Å². The molecule has 314 valence electrons. The number of fused-ring (bicyclic) bond motifs is 4. The van der Waals surface area contributed by atoms with Crippen molar-refractivity contribution in [3.63, 3.8) is 0 Å². The molecule has 3 N–H and O–H groups in total. The maximum atomic E-state index is 13.9. The number of nitro benzene ring substituents is 2. The van der Waals surface area contributed by atoms with Crippen LogP contribution in [-0.4, -0.2) is 111 Å². The Balaban J connectivity index is 0.00000106. The Bertz CT molecular complexity index is 2850. The van der Waals surface area contributed by atoms with E-state index in [9.17, 15) is 47.8 Å². The smallest absolute Gasteiger partial charge is 0.270 e. The van der Waals surface area contributed by atoms with E-state index in [0.29, 0.717) is 62.7 Å². The lowest BCUT2D eigenvalue weighted by Gasteiger charge is -2.33. The number of rotatable bonds is 11. The van der Waals surface area contributed by atoms with E-state index in [4.69, 9.17) is 4.55 Å². The van der Waals surface area contributed by atoms with E-state index in [1.165, 1.54) is 24.3 Å². The third-order valence-corrected chi connectivity index (χ3v) is 10.5. The number of nitrogens with zero attached hydrogens (tertiary/aromatic N) is 6. The number of amides is 4. The highest BCUT2D eigenvalue weighted by Crippen LogP contribution is 2.40. The molecule has 2 aliphatic rings. The second-order valence-corrected chi connectivity index (χ2v) is 16.6. The topological polar surface area (TPSA) is 265 Å². The minimum absolute atomic E-state index is 0.0609. The average Bonchev–Trinajstić information content (AvgIpc) is 3.18. The predicted octanol–water partition coefficient (Wildman–Crippen LogP) is 4.88. The van der Waals surface area contributed by atoms with Crippen molar-refractivity contribution in [1.82, 2.24) is 30.4 Å². The van der Waals surface area contributed by atoms with E-state index in [1.54, 1.807) is 38.4 Å². The Morgan fingerprint density at radius 3 is 1.30 bits per heavy atom. The van der Waals surface area contributed by atoms with Crippen LogP contribution in [0.25, 0.3) is 43.4 Å². The summed E-state index contributed by atoms with van der Waals surface area (Å²) in [6.07, 6.45) is 3.98. The normalized spacial score (nSPS) is 14.8. The number of aromatic nitrogens is 2. The molecule has 2 aliphatic heterocycles. The van der Waals surface area contributed by atoms with Crippen LogP contribution in [0, 0.1) is 34.1 Å². The first kappa shape index (κ1) is 42.3. The number of non-ortho nitro benzene ring substituents is 2. The van der Waals surface area contributed by atoms with Crippen LogP contribution in [0.15, 0.2) is 60.9 Å². The predicted molar refractivity (Wildman–Crippen MR) is 224 cm³/mol. The molecule has 0 bridgehead atoms. The van der Waals surface area contributed by atoms with Crippen molar-refractivity contribution in [2.75, 3.05) is 32.4 Å². The zero-order valence-corrected chi connectivity index (χ0v) is 34.2. The van der Waals surface area contributed by atoms with E-state index in [2.05, 4.69) is 20.6 Å². The van der Waals surface area contributed by atoms with E-state index in [1.807, 2.05) is 26.0 Å². The minimum atomic E-state index is -3.67. The van der Waals surface area contributed by atoms with E-state index < -0.39 is 55.7 Å². The summed E-state index contributed by atoms with van der Waals surface area (Å²) in [5, 5.41) is 32.9. The van der Waals surface area contributed by atoms with Gasteiger partial charge in [-0.3, -0.25) is 63.7 Å². The molecular weight excluding hydrogens is 813 g/mol. The number of carbonyl (C=O) groups is 4. The first-order chi connectivity index (χ1) is 28.7. The van der Waals surface area contributed by atoms with Gasteiger partial charge >= 0.3 is 0 Å². The lowest BCUT2D eigenvalue weighted by atomic mass is 9.90. The molecular formula is C41H38N8O11S. The molecule has 6 aromatic rings. The van der Waals surface area contributed by atoms with Crippen LogP contribution in [0.4, 0.5) is 11.4 Å². The first-order valence-electron chi connectivity index (χ1n) is 18.9. The molecule has 4 heterocycles. The van der Waals surface area contributed by atoms with Crippen molar-refractivity contribution in [3.05, 3.63) is 115 Å². The maximum absolute atomic E-state index is 13.9. The minimum Gasteiger partial charge on any atom is -0.313 e. The SMILES string of the molecule is CS(=O)(=O)O.Cc1cnc2c(c1)cc1c3c(cc([N+](=O)[O-])cc32)C(=O)N([C@H](C)CNCCNC[C@@H](C)N2C(=O)c3cc([N+](=O)[O-])cc4c3c(cc3cc(C)cnc34)C2=O)C1=O. The van der Waals surface area contributed by atoms with Gasteiger partial charge in [-0.05, 0) is 63.1 Å². The molecule has 19 nitrogen and oxygen atoms in total. The number of hydrogen-bond acceptors (Lipinski definition) is 14. The first-order valence-corrected chi connectivity index (χ1v) is 20.7. The van der Waals surface area contributed by atoms with Crippen LogP contribution in [-0.2, 0) is 10.1 Å². The lowest BCUT2D eigenvalue weighted by Crippen LogP contribution is -2.51. The van der Waals surface area contributed by atoms with Crippen molar-refractivity contribution in [1.29, 1.82) is 0 Å². The van der Waals surface area contributed by atoms with Crippen molar-refractivity contribution in [3.8, 4) is 0 Å². The largest absolute Gasteiger partial charge is 0.313 e. The Hall–Kier alpha value is -6.87. The molecule has 8 rings (SSSR count). The summed E-state index contributed by atoms with van der Waals surface area (Å²) >= 11 is 0. The molecule has 20 heteroatoms. The van der Waals surface area contributed by atoms with Gasteiger partial charge in [0.25, 0.3) is 45.1 Å². The number of carbonyl (C=O) groups excluding carboxylic acids is 4. The summed E-state index contributed by atoms with van der Waals surface area (Å²) in [4.78, 5) is 89.2. The van der Waals surface area contributed by atoms with Crippen molar-refractivity contribution >= 4 is 88.5 Å². The van der Waals surface area contributed by atoms with E-state index >= 15 is 0 Å². The van der Waals surface area contributed by atoms with Crippen molar-refractivity contribution in [2.45, 2.75) is 39.8 Å². The lowest BCUT2D eigenvalue weighted by molar-refractivity contribution is -0.384. The number of benzene rings is 4. The third kappa shape index (κ3) is 7.96. The molecule has 0 aliphatic carbocycles. The number of nitro groups is 2. The summed E-state index contributed by atoms with van der Waals surface area (Å²) in [5.41, 5.74) is 2.71. The van der Waals surface area contributed by atoms with Crippen LogP contribution in [0.1, 0.15) is 66.4 Å². The number of aryl methyl sites for hydroxylation is 2. The van der Waals surface area contributed by atoms with E-state index in [-0.39, 0.29) is 46.7 Å². The average molecular weight is 851 g/mol. The molecule has 0 unspecified atom stereocenters. The van der Waals surface area contributed by atoms with E-state index in [0.717, 1.165) is 20.9 Å². The highest BCUT2D eigenvalue weighted by atomic mass is 32.2. The Morgan fingerprint density at radius 2 is 0.967 bits per heavy atom. The van der Waals surface area contributed by atoms with Gasteiger partial charge in [0.05, 0.1) is 38.3 Å². The third-order valence-electron chi connectivity index (χ3n) is 10.5. The molecule has 0 radical (unpaired) electrons. The van der Waals surface area contributed by atoms with Gasteiger partial charge in [-0.2, -0.15) is 8.42 Å². The van der Waals surface area contributed by atoms with Gasteiger partial charge in [-0.15, -0.1) is 0 Å². The standard InChI is InChI=1S/C40H34N8O8.CH4O3S/c1-19-7-23-9-29-33-27(35(23)43-15-19)11-25(47(53)54)13-31(33)39(51)45(37(29)49)21(3)17-41-5-6-42-18-22(4)46-38(50)30-10-24-8-20(2)16-44-36(24)28-12-26(48(55)56)14-32(34(28)30)40(46)52;1-5(2,3)4/h7-16,21-22,41-42H,5-6,17-18H2,1-4H3;1H3,(H,2,3,4)/t21-,22-;/m1./s1. The molecule has 0 spiro atoms. The molecule has 4 amide bonds. The number of imide groups is 2. The fourth-order valence-electron chi connectivity index (χ4n) is 7.89. The molecule has 2 aromatic heterocycles. The van der Waals surface area contributed by atoms with Gasteiger partial charge in [0.15, 0.2) is 0 Å². The number of pyridine rings is 2. The second-order valence-electron chi connectivity index (χ2n) is 15.2. The van der Waals surface area contributed by atoms with Gasteiger partial charge in [0, 0.05) is 118 Å². The van der Waals surface area contributed by atoms with Crippen LogP contribution < -0.4 is 10.6 Å². The molecule has 0 saturated heterocycles. The zero-order chi connectivity index (χ0) is 44.2. The second kappa shape index (κ2) is 16.0.